The van der Waals surface area contributed by atoms with Crippen LogP contribution in [0.25, 0.3) is 38.6 Å². The maximum atomic E-state index is 6.78. The van der Waals surface area contributed by atoms with Gasteiger partial charge >= 0.3 is 0 Å². The summed E-state index contributed by atoms with van der Waals surface area (Å²) >= 11 is 0. The van der Waals surface area contributed by atoms with E-state index in [0.29, 0.717) is 0 Å². The third kappa shape index (κ3) is 2.90. The zero-order valence-corrected chi connectivity index (χ0v) is 21.5. The zero-order valence-electron chi connectivity index (χ0n) is 21.5. The molecule has 0 radical (unpaired) electrons. The smallest absolute Gasteiger partial charge is 0.260 e. The first-order valence-corrected chi connectivity index (χ1v) is 13.7. The van der Waals surface area contributed by atoms with Crippen LogP contribution in [0.5, 0.6) is 23.0 Å². The van der Waals surface area contributed by atoms with Crippen molar-refractivity contribution in [3.8, 4) is 39.8 Å². The highest BCUT2D eigenvalue weighted by atomic mass is 16.5. The Kier molecular flexibility index (Phi) is 4.41. The maximum Gasteiger partial charge on any atom is 0.260 e. The number of rotatable bonds is 2. The third-order valence-electron chi connectivity index (χ3n) is 8.35. The van der Waals surface area contributed by atoms with Gasteiger partial charge in [0.15, 0.2) is 0 Å². The van der Waals surface area contributed by atoms with Gasteiger partial charge in [-0.15, -0.1) is 0 Å². The molecule has 2 aliphatic heterocycles. The fraction of sp³-hybridized carbons (Fsp3) is 0. The van der Waals surface area contributed by atoms with Crippen LogP contribution in [-0.2, 0) is 0 Å². The second-order valence-electron chi connectivity index (χ2n) is 10.5. The van der Waals surface area contributed by atoms with E-state index in [0.717, 1.165) is 45.3 Å². The van der Waals surface area contributed by atoms with Crippen LogP contribution >= 0.6 is 0 Å². The van der Waals surface area contributed by atoms with E-state index in [1.165, 1.54) is 32.7 Å². The monoisotopic (exact) mass is 511 g/mol. The van der Waals surface area contributed by atoms with E-state index in [1.54, 1.807) is 0 Å². The molecule has 0 unspecified atom stereocenters. The van der Waals surface area contributed by atoms with Crippen molar-refractivity contribution in [1.29, 1.82) is 0 Å². The highest BCUT2D eigenvalue weighted by Crippen LogP contribution is 2.43. The molecule has 6 aromatic carbocycles. The van der Waals surface area contributed by atoms with E-state index in [2.05, 4.69) is 126 Å². The van der Waals surface area contributed by atoms with Gasteiger partial charge in [0, 0.05) is 27.4 Å². The van der Waals surface area contributed by atoms with E-state index in [-0.39, 0.29) is 6.71 Å². The Labute approximate surface area is 231 Å². The number of para-hydroxylation sites is 5. The summed E-state index contributed by atoms with van der Waals surface area (Å²) < 4.78 is 15.6. The number of nitrogens with zero attached hydrogens (tertiary/aromatic N) is 1. The lowest BCUT2D eigenvalue weighted by Crippen LogP contribution is -2.57. The Balaban J connectivity index is 1.34. The second kappa shape index (κ2) is 8.14. The lowest BCUT2D eigenvalue weighted by Gasteiger charge is -2.34. The molecule has 3 heterocycles. The Bertz CT molecular complexity index is 2080. The molecule has 0 amide bonds. The number of ether oxygens (including phenoxy) is 2. The molecule has 7 aromatic rings. The SMILES string of the molecule is c1ccc2c(c1)Oc1ccc(-c3ccccc3-n3c4ccccc4c4ccccc43)c3c1B2c1ccccc1O3. The molecule has 186 valence electrons. The Hall–Kier alpha value is -5.22. The van der Waals surface area contributed by atoms with Gasteiger partial charge in [0.05, 0.1) is 16.7 Å². The number of fused-ring (bicyclic) bond motifs is 7. The molecule has 1 aromatic heterocycles. The van der Waals surface area contributed by atoms with Crippen molar-refractivity contribution in [3.63, 3.8) is 0 Å². The van der Waals surface area contributed by atoms with Gasteiger partial charge in [0.2, 0.25) is 0 Å². The summed E-state index contributed by atoms with van der Waals surface area (Å²) in [6, 6.07) is 46.9. The molecule has 0 saturated carbocycles. The van der Waals surface area contributed by atoms with Gasteiger partial charge in [-0.05, 0) is 53.4 Å². The predicted molar refractivity (Wildman–Crippen MR) is 164 cm³/mol. The summed E-state index contributed by atoms with van der Waals surface area (Å²) in [7, 11) is 0. The van der Waals surface area contributed by atoms with E-state index >= 15 is 0 Å². The van der Waals surface area contributed by atoms with E-state index in [1.807, 2.05) is 12.1 Å². The lowest BCUT2D eigenvalue weighted by molar-refractivity contribution is 0.465. The largest absolute Gasteiger partial charge is 0.458 e. The standard InChI is InChI=1S/C36H22BNO2/c1-6-16-29-23(11-1)24-12-2-7-17-30(24)38(29)31-18-8-3-13-25(31)26-21-22-34-35-36(26)40-33-20-10-5-15-28(33)37(35)27-14-4-9-19-32(27)39-34/h1-22H. The first-order chi connectivity index (χ1) is 19.9. The molecule has 0 fully saturated rings. The summed E-state index contributed by atoms with van der Waals surface area (Å²) in [6.07, 6.45) is 0. The van der Waals surface area contributed by atoms with Crippen molar-refractivity contribution in [2.45, 2.75) is 0 Å². The third-order valence-corrected chi connectivity index (χ3v) is 8.35. The van der Waals surface area contributed by atoms with Crippen molar-refractivity contribution in [1.82, 2.24) is 4.57 Å². The van der Waals surface area contributed by atoms with Crippen molar-refractivity contribution >= 4 is 44.9 Å². The lowest BCUT2D eigenvalue weighted by atomic mass is 9.34. The van der Waals surface area contributed by atoms with Gasteiger partial charge in [-0.1, -0.05) is 91.0 Å². The van der Waals surface area contributed by atoms with Gasteiger partial charge < -0.3 is 14.0 Å². The maximum absolute atomic E-state index is 6.78. The molecule has 0 atom stereocenters. The number of benzene rings is 6. The van der Waals surface area contributed by atoms with Crippen LogP contribution in [0.15, 0.2) is 133 Å². The molecule has 3 nitrogen and oxygen atoms in total. The number of hydrogen-bond donors (Lipinski definition) is 0. The van der Waals surface area contributed by atoms with Crippen molar-refractivity contribution < 1.29 is 9.47 Å². The van der Waals surface area contributed by atoms with Crippen LogP contribution in [0.4, 0.5) is 0 Å². The molecule has 0 saturated heterocycles. The normalized spacial score (nSPS) is 12.8. The highest BCUT2D eigenvalue weighted by molar-refractivity contribution is 6.98. The predicted octanol–water partition coefficient (Wildman–Crippen LogP) is 7.18. The highest BCUT2D eigenvalue weighted by Gasteiger charge is 2.41. The Morgan fingerprint density at radius 2 is 1.02 bits per heavy atom. The Morgan fingerprint density at radius 3 is 1.75 bits per heavy atom. The summed E-state index contributed by atoms with van der Waals surface area (Å²) in [5, 5.41) is 2.49. The number of aromatic nitrogens is 1. The molecule has 9 rings (SSSR count). The summed E-state index contributed by atoms with van der Waals surface area (Å²) in [5.74, 6) is 3.51. The summed E-state index contributed by atoms with van der Waals surface area (Å²) in [4.78, 5) is 0. The van der Waals surface area contributed by atoms with Crippen LogP contribution in [0.3, 0.4) is 0 Å². The van der Waals surface area contributed by atoms with Crippen LogP contribution in [0.1, 0.15) is 0 Å². The van der Waals surface area contributed by atoms with E-state index < -0.39 is 0 Å². The minimum absolute atomic E-state index is 0.0419. The van der Waals surface area contributed by atoms with Gasteiger partial charge in [0.25, 0.3) is 6.71 Å². The molecule has 40 heavy (non-hydrogen) atoms. The second-order valence-corrected chi connectivity index (χ2v) is 10.5. The van der Waals surface area contributed by atoms with Gasteiger partial charge in [0.1, 0.15) is 23.0 Å². The molecule has 4 heteroatoms. The molecule has 0 bridgehead atoms. The molecule has 0 spiro atoms. The molecule has 0 N–H and O–H groups in total. The van der Waals surface area contributed by atoms with Crippen LogP contribution < -0.4 is 25.9 Å². The minimum atomic E-state index is 0.0419. The fourth-order valence-electron chi connectivity index (χ4n) is 6.68. The molecular weight excluding hydrogens is 489 g/mol. The van der Waals surface area contributed by atoms with E-state index in [4.69, 9.17) is 9.47 Å². The quantitative estimate of drug-likeness (QED) is 0.230. The fourth-order valence-corrected chi connectivity index (χ4v) is 6.68. The van der Waals surface area contributed by atoms with Gasteiger partial charge in [-0.3, -0.25) is 0 Å². The summed E-state index contributed by atoms with van der Waals surface area (Å²) in [5.41, 5.74) is 9.08. The average Bonchev–Trinajstić information content (AvgIpc) is 3.35. The average molecular weight is 511 g/mol. The topological polar surface area (TPSA) is 23.4 Å². The summed E-state index contributed by atoms with van der Waals surface area (Å²) in [6.45, 7) is 0.0419. The molecule has 2 aliphatic rings. The molecular formula is C36H22BNO2. The van der Waals surface area contributed by atoms with Gasteiger partial charge in [-0.2, -0.15) is 0 Å². The van der Waals surface area contributed by atoms with Crippen molar-refractivity contribution in [3.05, 3.63) is 133 Å². The minimum Gasteiger partial charge on any atom is -0.458 e. The first-order valence-electron chi connectivity index (χ1n) is 13.7. The molecule has 0 aliphatic carbocycles. The van der Waals surface area contributed by atoms with Gasteiger partial charge in [-0.25, -0.2) is 0 Å². The van der Waals surface area contributed by atoms with Crippen molar-refractivity contribution in [2.75, 3.05) is 0 Å². The zero-order chi connectivity index (χ0) is 26.2. The van der Waals surface area contributed by atoms with Crippen LogP contribution in [0.2, 0.25) is 0 Å². The van der Waals surface area contributed by atoms with Crippen LogP contribution in [-0.4, -0.2) is 11.3 Å². The van der Waals surface area contributed by atoms with Crippen molar-refractivity contribution in [2.24, 2.45) is 0 Å². The Morgan fingerprint density at radius 1 is 0.450 bits per heavy atom. The van der Waals surface area contributed by atoms with Crippen LogP contribution in [0, 0.1) is 0 Å². The first kappa shape index (κ1) is 21.7. The van der Waals surface area contributed by atoms with E-state index in [9.17, 15) is 0 Å². The number of hydrogen-bond acceptors (Lipinski definition) is 2.